The van der Waals surface area contributed by atoms with Crippen molar-refractivity contribution < 1.29 is 67.6 Å². The number of imide groups is 1. The zero-order valence-electron chi connectivity index (χ0n) is 58.3. The van der Waals surface area contributed by atoms with E-state index in [1.54, 1.807) is 55.3 Å². The highest BCUT2D eigenvalue weighted by Gasteiger charge is 2.66. The van der Waals surface area contributed by atoms with E-state index in [4.69, 9.17) is 25.3 Å². The highest BCUT2D eigenvalue weighted by Crippen LogP contribution is 2.72. The molecule has 0 spiro atoms. The van der Waals surface area contributed by atoms with Crippen LogP contribution in [0.1, 0.15) is 151 Å². The Morgan fingerprint density at radius 2 is 1.55 bits per heavy atom. The minimum Gasteiger partial charge on any atom is -0.481 e. The number of carboxylic acids is 2. The normalized spacial score (nSPS) is 20.8. The van der Waals surface area contributed by atoms with Gasteiger partial charge in [0, 0.05) is 104 Å². The van der Waals surface area contributed by atoms with Gasteiger partial charge in [-0.1, -0.05) is 81.9 Å². The number of unbranched alkanes of at least 4 members (excludes halogenated alkanes) is 2. The number of hydrogen-bond acceptors (Lipinski definition) is 16. The quantitative estimate of drug-likeness (QED) is 0.0152. The molecule has 6 aromatic rings. The molecule has 2 aliphatic heterocycles. The number of carbonyl (C=O) groups excluding carboxylic acids is 8. The summed E-state index contributed by atoms with van der Waals surface area (Å²) in [6.07, 6.45) is 11.9. The highest BCUT2D eigenvalue weighted by atomic mass is 32.1. The highest BCUT2D eigenvalue weighted by molar-refractivity contribution is 7.22. The SMILES string of the molecule is Cc1c(-c2ccc(-c3ccc4c(c3)N(C(=O)Nc3nc5ccccc5s3)CCC4)nc2C(=O)O)cnn1CC12CC3(C)CC(C)(C1)CC(OCCN(CCC(=O)O)C(=O)OCc1ccc(NC(=O)[C@H](CCCNC(N)=O)CC(=O)[C@@H](NC(=O)CCCCCN4C(=O)C=CC4=O)C(C)C)cc1)(C3)C2. The number of para-hydroxylation sites is 1. The Morgan fingerprint density at radius 1 is 0.804 bits per heavy atom. The van der Waals surface area contributed by atoms with E-state index in [0.717, 1.165) is 83.4 Å². The number of urea groups is 2. The summed E-state index contributed by atoms with van der Waals surface area (Å²) in [4.78, 5) is 142. The summed E-state index contributed by atoms with van der Waals surface area (Å²) in [7, 11) is 0. The number of aromatic carboxylic acids is 1. The number of fused-ring (bicyclic) bond motifs is 2. The number of nitrogens with two attached hydrogens (primary N) is 1. The van der Waals surface area contributed by atoms with Gasteiger partial charge >= 0.3 is 30.1 Å². The molecule has 5 heterocycles. The Kier molecular flexibility index (Phi) is 22.4. The number of aryl methyl sites for hydroxylation is 1. The number of thiazole rings is 1. The number of rotatable bonds is 32. The van der Waals surface area contributed by atoms with Gasteiger partial charge in [-0.2, -0.15) is 5.10 Å². The van der Waals surface area contributed by atoms with Crippen molar-refractivity contribution in [2.75, 3.05) is 54.9 Å². The summed E-state index contributed by atoms with van der Waals surface area (Å²) in [6.45, 7) is 11.5. The molecular weight excluding hydrogens is 1320 g/mol. The van der Waals surface area contributed by atoms with E-state index in [-0.39, 0.29) is 122 Å². The topological polar surface area (TPSA) is 357 Å². The summed E-state index contributed by atoms with van der Waals surface area (Å²) < 4.78 is 15.8. The van der Waals surface area contributed by atoms with Crippen LogP contribution in [0.15, 0.2) is 97.2 Å². The molecular formula is C75H90N12O14S. The number of nitrogens with one attached hydrogen (secondary N) is 4. The third-order valence-electron chi connectivity index (χ3n) is 20.5. The summed E-state index contributed by atoms with van der Waals surface area (Å²) in [5.74, 6) is -5.34. The fraction of sp³-hybridized carbons (Fsp3) is 0.480. The number of ether oxygens (including phenoxy) is 2. The first-order chi connectivity index (χ1) is 48.7. The number of amides is 9. The Labute approximate surface area is 595 Å². The van der Waals surface area contributed by atoms with Crippen LogP contribution in [0.25, 0.3) is 32.6 Å². The van der Waals surface area contributed by atoms with Crippen molar-refractivity contribution in [1.82, 2.24) is 40.2 Å². The first-order valence-electron chi connectivity index (χ1n) is 35.1. The predicted octanol–water partition coefficient (Wildman–Crippen LogP) is 11.1. The summed E-state index contributed by atoms with van der Waals surface area (Å²) >= 11 is 1.40. The van der Waals surface area contributed by atoms with Gasteiger partial charge in [-0.3, -0.25) is 48.6 Å². The molecule has 4 saturated carbocycles. The Bertz CT molecular complexity index is 4170. The lowest BCUT2D eigenvalue weighted by molar-refractivity contribution is -0.248. The van der Waals surface area contributed by atoms with Gasteiger partial charge in [-0.15, -0.1) is 0 Å². The Hall–Kier alpha value is -9.89. The molecule has 26 nitrogen and oxygen atoms in total. The Morgan fingerprint density at radius 3 is 2.25 bits per heavy atom. The molecule has 540 valence electrons. The zero-order chi connectivity index (χ0) is 72.7. The molecule has 12 rings (SSSR count). The molecule has 4 fully saturated rings. The molecule has 0 radical (unpaired) electrons. The van der Waals surface area contributed by atoms with Crippen LogP contribution in [-0.4, -0.2) is 150 Å². The molecule has 6 aliphatic rings. The number of primary amides is 1. The minimum absolute atomic E-state index is 0.0627. The smallest absolute Gasteiger partial charge is 0.410 e. The maximum Gasteiger partial charge on any atom is 0.410 e. The largest absolute Gasteiger partial charge is 0.481 e. The van der Waals surface area contributed by atoms with E-state index >= 15 is 0 Å². The van der Waals surface area contributed by atoms with Gasteiger partial charge in [-0.25, -0.2) is 29.1 Å². The van der Waals surface area contributed by atoms with Crippen molar-refractivity contribution in [3.05, 3.63) is 120 Å². The lowest BCUT2D eigenvalue weighted by atomic mass is 9.39. The molecule has 9 amide bonds. The number of aromatic nitrogens is 4. The van der Waals surface area contributed by atoms with Crippen molar-refractivity contribution >= 4 is 97.6 Å². The van der Waals surface area contributed by atoms with E-state index in [0.29, 0.717) is 77.5 Å². The number of anilines is 3. The predicted molar refractivity (Wildman–Crippen MR) is 382 cm³/mol. The van der Waals surface area contributed by atoms with Crippen LogP contribution in [0.5, 0.6) is 0 Å². The molecule has 2 unspecified atom stereocenters. The molecule has 8 N–H and O–H groups in total. The molecule has 102 heavy (non-hydrogen) atoms. The fourth-order valence-corrected chi connectivity index (χ4v) is 17.8. The van der Waals surface area contributed by atoms with E-state index in [2.05, 4.69) is 40.1 Å². The first-order valence-corrected chi connectivity index (χ1v) is 35.9. The average molecular weight is 1420 g/mol. The standard InChI is InChI=1S/C75H90N12O14S/c1-46(2)64(82-60(89)17-7-6-10-30-86-61(90)26-27-62(86)91)58(88)36-51(13-11-29-77-68(76)97)66(94)79-52-22-18-48(19-23-52)38-100-71(99)84(32-28-63(92)93)33-34-101-75-42-72(4)39-73(5,43-75)41-74(40-72,44-75)45-87-47(3)54(37-78-87)53-24-25-55(80-65(53)67(95)96)50-21-20-49-14-12-31-85(57(49)35-50)70(98)83-69-81-56-15-8-9-16-59(56)102-69/h8-9,15-16,18-27,35,37,46,51,64H,6-7,10-14,17,28-34,36,38-45H2,1-5H3,(H,79,94)(H,82,89)(H,92,93)(H,95,96)(H3,76,77,97)(H,81,83,98)/t51-,64+,72?,73?,74?,75?/m1/s1. The van der Waals surface area contributed by atoms with Gasteiger partial charge in [0.05, 0.1) is 46.8 Å². The molecule has 0 saturated heterocycles. The van der Waals surface area contributed by atoms with E-state index < -0.39 is 47.5 Å². The van der Waals surface area contributed by atoms with Crippen molar-refractivity contribution in [1.29, 1.82) is 0 Å². The van der Waals surface area contributed by atoms with Crippen molar-refractivity contribution in [3.63, 3.8) is 0 Å². The van der Waals surface area contributed by atoms with Crippen molar-refractivity contribution in [3.8, 4) is 22.4 Å². The van der Waals surface area contributed by atoms with E-state index in [1.807, 2.05) is 60.1 Å². The zero-order valence-corrected chi connectivity index (χ0v) is 59.2. The number of hydrogen-bond donors (Lipinski definition) is 7. The summed E-state index contributed by atoms with van der Waals surface area (Å²) in [6, 6.07) is 21.7. The maximum absolute atomic E-state index is 13.9. The molecule has 4 aliphatic carbocycles. The van der Waals surface area contributed by atoms with E-state index in [1.165, 1.54) is 28.4 Å². The van der Waals surface area contributed by atoms with Crippen LogP contribution >= 0.6 is 11.3 Å². The van der Waals surface area contributed by atoms with Crippen molar-refractivity contribution in [2.45, 2.75) is 162 Å². The third kappa shape index (κ3) is 17.5. The van der Waals surface area contributed by atoms with Crippen molar-refractivity contribution in [2.24, 2.45) is 33.8 Å². The molecule has 27 heteroatoms. The number of Topliss-reactive ketones (excluding diaryl/α,β-unsaturated/α-hetero) is 1. The molecule has 4 bridgehead atoms. The number of benzene rings is 3. The lowest BCUT2D eigenvalue weighted by Crippen LogP contribution is -2.64. The second-order valence-electron chi connectivity index (χ2n) is 29.4. The van der Waals surface area contributed by atoms with Gasteiger partial charge in [0.25, 0.3) is 11.8 Å². The summed E-state index contributed by atoms with van der Waals surface area (Å²) in [5.41, 5.74) is 10.7. The Balaban J connectivity index is 0.696. The van der Waals surface area contributed by atoms with E-state index in [9.17, 15) is 58.2 Å². The van der Waals surface area contributed by atoms with Crippen LogP contribution in [0.4, 0.5) is 30.9 Å². The second-order valence-corrected chi connectivity index (χ2v) is 30.4. The molecule has 4 atom stereocenters. The fourth-order valence-electron chi connectivity index (χ4n) is 16.9. The van der Waals surface area contributed by atoms with Gasteiger partial charge in [0.2, 0.25) is 11.8 Å². The maximum atomic E-state index is 13.9. The van der Waals surface area contributed by atoms with Gasteiger partial charge in [-0.05, 0) is 160 Å². The monoisotopic (exact) mass is 1410 g/mol. The van der Waals surface area contributed by atoms with Gasteiger partial charge in [0.1, 0.15) is 6.61 Å². The molecule has 3 aromatic heterocycles. The number of ketones is 1. The summed E-state index contributed by atoms with van der Waals surface area (Å²) in [5, 5.41) is 37.1. The van der Waals surface area contributed by atoms with Crippen LogP contribution < -0.4 is 31.9 Å². The number of carbonyl (C=O) groups is 10. The van der Waals surface area contributed by atoms with Gasteiger partial charge < -0.3 is 46.3 Å². The average Bonchev–Trinajstić information content (AvgIpc) is 0.785. The second kappa shape index (κ2) is 31.1. The number of carboxylic acid groups (broad SMARTS) is 2. The number of nitrogens with zero attached hydrogens (tertiary/aromatic N) is 7. The minimum atomic E-state index is -1.19. The van der Waals surface area contributed by atoms with Crippen LogP contribution in [-0.2, 0) is 57.8 Å². The number of aliphatic carboxylic acids is 1. The van der Waals surface area contributed by atoms with Gasteiger partial charge in [0.15, 0.2) is 16.6 Å². The van der Waals surface area contributed by atoms with Crippen LogP contribution in [0.2, 0.25) is 0 Å². The number of pyridine rings is 1. The third-order valence-corrected chi connectivity index (χ3v) is 21.4. The van der Waals surface area contributed by atoms with Crippen LogP contribution in [0, 0.1) is 35.0 Å². The molecule has 3 aromatic carbocycles. The first kappa shape index (κ1) is 73.3. The van der Waals surface area contributed by atoms with Crippen LogP contribution in [0.3, 0.4) is 0 Å². The lowest BCUT2D eigenvalue weighted by Gasteiger charge is -2.69.